The van der Waals surface area contributed by atoms with Gasteiger partial charge in [0.05, 0.1) is 5.52 Å². The monoisotopic (exact) mass is 429 g/mol. The number of halogens is 1. The zero-order valence-electron chi connectivity index (χ0n) is 16.6. The van der Waals surface area contributed by atoms with Crippen LogP contribution in [0.5, 0.6) is 5.19 Å². The minimum Gasteiger partial charge on any atom is -0.467 e. The average Bonchev–Trinajstić information content (AvgIpc) is 3.43. The number of benzene rings is 1. The Morgan fingerprint density at radius 3 is 2.70 bits per heavy atom. The molecule has 2 saturated heterocycles. The molecule has 4 heterocycles. The van der Waals surface area contributed by atoms with E-state index in [0.29, 0.717) is 35.7 Å². The van der Waals surface area contributed by atoms with Gasteiger partial charge < -0.3 is 9.64 Å². The summed E-state index contributed by atoms with van der Waals surface area (Å²) in [5.41, 5.74) is 0.930. The summed E-state index contributed by atoms with van der Waals surface area (Å²) >= 11 is 1.54. The van der Waals surface area contributed by atoms with Gasteiger partial charge in [-0.25, -0.2) is 9.37 Å². The summed E-state index contributed by atoms with van der Waals surface area (Å²) in [7, 11) is 0. The smallest absolute Gasteiger partial charge is 0.274 e. The maximum absolute atomic E-state index is 13.4. The van der Waals surface area contributed by atoms with Crippen molar-refractivity contribution in [3.63, 3.8) is 0 Å². The summed E-state index contributed by atoms with van der Waals surface area (Å²) in [5.74, 6) is -0.423. The molecule has 0 unspecified atom stereocenters. The zero-order valence-corrected chi connectivity index (χ0v) is 17.4. The molecule has 158 valence electrons. The van der Waals surface area contributed by atoms with Gasteiger partial charge in [-0.1, -0.05) is 11.3 Å². The molecular formula is C21H24FN5O2S. The molecule has 2 aromatic heterocycles. The Kier molecular flexibility index (Phi) is 5.39. The number of H-pyrrole nitrogens is 1. The van der Waals surface area contributed by atoms with E-state index >= 15 is 0 Å². The van der Waals surface area contributed by atoms with Crippen LogP contribution in [0.2, 0.25) is 0 Å². The number of aromatic amines is 1. The van der Waals surface area contributed by atoms with Crippen molar-refractivity contribution in [3.8, 4) is 5.19 Å². The Morgan fingerprint density at radius 2 is 1.97 bits per heavy atom. The first-order valence-corrected chi connectivity index (χ1v) is 11.3. The Hall–Kier alpha value is -2.52. The number of nitrogens with one attached hydrogen (secondary N) is 1. The molecular weight excluding hydrogens is 405 g/mol. The fraction of sp³-hybridized carbons (Fsp3) is 0.476. The molecule has 0 bridgehead atoms. The lowest BCUT2D eigenvalue weighted by Gasteiger charge is -2.41. The number of carbonyl (C=O) groups excluding carboxylic acids is 1. The van der Waals surface area contributed by atoms with Gasteiger partial charge in [0.2, 0.25) is 0 Å². The van der Waals surface area contributed by atoms with Crippen molar-refractivity contribution >= 4 is 28.1 Å². The van der Waals surface area contributed by atoms with Crippen LogP contribution in [-0.2, 0) is 0 Å². The largest absolute Gasteiger partial charge is 0.467 e. The van der Waals surface area contributed by atoms with Gasteiger partial charge in [-0.2, -0.15) is 5.10 Å². The summed E-state index contributed by atoms with van der Waals surface area (Å²) in [6, 6.07) is 4.85. The predicted molar refractivity (Wildman–Crippen MR) is 112 cm³/mol. The van der Waals surface area contributed by atoms with Crippen LogP contribution in [0.1, 0.15) is 36.2 Å². The van der Waals surface area contributed by atoms with Crippen LogP contribution < -0.4 is 4.74 Å². The second kappa shape index (κ2) is 8.31. The Morgan fingerprint density at radius 1 is 1.17 bits per heavy atom. The first-order chi connectivity index (χ1) is 14.7. The van der Waals surface area contributed by atoms with E-state index in [1.807, 2.05) is 10.3 Å². The van der Waals surface area contributed by atoms with Crippen LogP contribution in [0.4, 0.5) is 4.39 Å². The minimum absolute atomic E-state index is 0.0816. The number of likely N-dealkylation sites (tertiary alicyclic amines) is 2. The molecule has 2 aliphatic rings. The number of thiazole rings is 1. The molecule has 0 aliphatic carbocycles. The van der Waals surface area contributed by atoms with E-state index in [1.54, 1.807) is 12.3 Å². The number of nitrogens with zero attached hydrogens (tertiary/aromatic N) is 4. The molecule has 5 rings (SSSR count). The van der Waals surface area contributed by atoms with Gasteiger partial charge in [0, 0.05) is 49.2 Å². The minimum atomic E-state index is -0.341. The van der Waals surface area contributed by atoms with E-state index in [0.717, 1.165) is 44.0 Å². The highest BCUT2D eigenvalue weighted by Crippen LogP contribution is 2.26. The van der Waals surface area contributed by atoms with Gasteiger partial charge in [0.1, 0.15) is 11.9 Å². The van der Waals surface area contributed by atoms with Crippen molar-refractivity contribution < 1.29 is 13.9 Å². The van der Waals surface area contributed by atoms with Crippen molar-refractivity contribution in [3.05, 3.63) is 41.3 Å². The highest BCUT2D eigenvalue weighted by Gasteiger charge is 2.31. The molecule has 2 fully saturated rings. The Balaban J connectivity index is 1.14. The van der Waals surface area contributed by atoms with Crippen LogP contribution in [-0.4, -0.2) is 69.2 Å². The average molecular weight is 430 g/mol. The van der Waals surface area contributed by atoms with Gasteiger partial charge in [-0.05, 0) is 43.9 Å². The predicted octanol–water partition coefficient (Wildman–Crippen LogP) is 3.31. The van der Waals surface area contributed by atoms with Crippen molar-refractivity contribution in [1.82, 2.24) is 25.0 Å². The number of rotatable bonds is 4. The third-order valence-electron chi connectivity index (χ3n) is 6.15. The molecule has 3 aromatic rings. The fourth-order valence-electron chi connectivity index (χ4n) is 4.51. The number of fused-ring (bicyclic) bond motifs is 1. The molecule has 1 N–H and O–H groups in total. The topological polar surface area (TPSA) is 74.4 Å². The van der Waals surface area contributed by atoms with Crippen molar-refractivity contribution in [2.24, 2.45) is 0 Å². The van der Waals surface area contributed by atoms with E-state index in [-0.39, 0.29) is 17.8 Å². The Labute approximate surface area is 177 Å². The molecule has 1 aromatic carbocycles. The van der Waals surface area contributed by atoms with Crippen molar-refractivity contribution in [2.45, 2.75) is 37.8 Å². The third-order valence-corrected chi connectivity index (χ3v) is 6.81. The summed E-state index contributed by atoms with van der Waals surface area (Å²) < 4.78 is 19.3. The highest BCUT2D eigenvalue weighted by atomic mass is 32.1. The van der Waals surface area contributed by atoms with E-state index in [1.165, 1.54) is 23.5 Å². The van der Waals surface area contributed by atoms with E-state index in [9.17, 15) is 9.18 Å². The van der Waals surface area contributed by atoms with Crippen LogP contribution in [0.25, 0.3) is 10.9 Å². The van der Waals surface area contributed by atoms with Gasteiger partial charge in [-0.3, -0.25) is 14.8 Å². The van der Waals surface area contributed by atoms with Crippen LogP contribution in [0.3, 0.4) is 0 Å². The molecule has 9 heteroatoms. The summed E-state index contributed by atoms with van der Waals surface area (Å²) in [6.07, 6.45) is 5.95. The SMILES string of the molecule is O=C(c1n[nH]c2cc(F)ccc12)N1CCC(N2CCC(Oc3nccs3)CC2)CC1. The molecule has 0 radical (unpaired) electrons. The maximum atomic E-state index is 13.4. The summed E-state index contributed by atoms with van der Waals surface area (Å²) in [4.78, 5) is 21.6. The van der Waals surface area contributed by atoms with E-state index in [4.69, 9.17) is 4.74 Å². The summed E-state index contributed by atoms with van der Waals surface area (Å²) in [6.45, 7) is 3.47. The van der Waals surface area contributed by atoms with Gasteiger partial charge in [-0.15, -0.1) is 0 Å². The number of hydrogen-bond donors (Lipinski definition) is 1. The van der Waals surface area contributed by atoms with Crippen molar-refractivity contribution in [1.29, 1.82) is 0 Å². The van der Waals surface area contributed by atoms with Gasteiger partial charge in [0.15, 0.2) is 5.69 Å². The maximum Gasteiger partial charge on any atom is 0.274 e. The molecule has 1 amide bonds. The summed E-state index contributed by atoms with van der Waals surface area (Å²) in [5, 5.41) is 10.3. The standard InChI is InChI=1S/C21H24FN5O2S/c22-14-1-2-17-18(13-14)24-25-19(17)20(28)27-8-3-15(4-9-27)26-10-5-16(6-11-26)29-21-23-7-12-30-21/h1-2,7,12-13,15-16H,3-6,8-11H2,(H,24,25). The first-order valence-electron chi connectivity index (χ1n) is 10.4. The van der Waals surface area contributed by atoms with E-state index < -0.39 is 0 Å². The molecule has 0 spiro atoms. The van der Waals surface area contributed by atoms with Crippen LogP contribution >= 0.6 is 11.3 Å². The van der Waals surface area contributed by atoms with Gasteiger partial charge in [0.25, 0.3) is 11.1 Å². The van der Waals surface area contributed by atoms with E-state index in [2.05, 4.69) is 20.1 Å². The molecule has 30 heavy (non-hydrogen) atoms. The van der Waals surface area contributed by atoms with Gasteiger partial charge >= 0.3 is 0 Å². The number of aromatic nitrogens is 3. The molecule has 0 saturated carbocycles. The molecule has 2 aliphatic heterocycles. The quantitative estimate of drug-likeness (QED) is 0.689. The first kappa shape index (κ1) is 19.4. The lowest BCUT2D eigenvalue weighted by molar-refractivity contribution is 0.0423. The zero-order chi connectivity index (χ0) is 20.5. The second-order valence-electron chi connectivity index (χ2n) is 7.94. The lowest BCUT2D eigenvalue weighted by Crippen LogP contribution is -2.50. The van der Waals surface area contributed by atoms with Crippen LogP contribution in [0, 0.1) is 5.82 Å². The number of hydrogen-bond acceptors (Lipinski definition) is 6. The number of carbonyl (C=O) groups is 1. The fourth-order valence-corrected chi connectivity index (χ4v) is 5.06. The molecule has 7 nitrogen and oxygen atoms in total. The van der Waals surface area contributed by atoms with Crippen molar-refractivity contribution in [2.75, 3.05) is 26.2 Å². The lowest BCUT2D eigenvalue weighted by atomic mass is 9.98. The Bertz CT molecular complexity index is 1010. The second-order valence-corrected chi connectivity index (χ2v) is 8.79. The number of amides is 1. The highest BCUT2D eigenvalue weighted by molar-refractivity contribution is 7.11. The van der Waals surface area contributed by atoms with Crippen LogP contribution in [0.15, 0.2) is 29.8 Å². The molecule has 0 atom stereocenters. The number of ether oxygens (including phenoxy) is 1. The number of piperidine rings is 2. The third kappa shape index (κ3) is 3.91. The normalized spacial score (nSPS) is 19.4.